The number of phenols is 2. The topological polar surface area (TPSA) is 99.3 Å². The van der Waals surface area contributed by atoms with Crippen molar-refractivity contribution in [3.63, 3.8) is 0 Å². The van der Waals surface area contributed by atoms with Gasteiger partial charge < -0.3 is 10.2 Å². The lowest BCUT2D eigenvalue weighted by Crippen LogP contribution is -2.20. The molecule has 0 radical (unpaired) electrons. The van der Waals surface area contributed by atoms with Crippen molar-refractivity contribution in [3.8, 4) is 11.5 Å². The van der Waals surface area contributed by atoms with E-state index in [4.69, 9.17) is 0 Å². The van der Waals surface area contributed by atoms with E-state index in [1.165, 1.54) is 12.1 Å². The highest BCUT2D eigenvalue weighted by Crippen LogP contribution is 2.39. The second kappa shape index (κ2) is 6.63. The summed E-state index contributed by atoms with van der Waals surface area (Å²) in [6, 6.07) is 19.9. The molecule has 0 bridgehead atoms. The number of phenolic OH excluding ortho intramolecular Hbond substituents is 2. The van der Waals surface area contributed by atoms with Gasteiger partial charge in [0.1, 0.15) is 17.1 Å². The molecular formula is C24H14N2O4. The minimum atomic E-state index is -0.328. The van der Waals surface area contributed by atoms with Gasteiger partial charge in [-0.15, -0.1) is 10.2 Å². The molecule has 0 aliphatic heterocycles. The van der Waals surface area contributed by atoms with Gasteiger partial charge in [-0.2, -0.15) is 0 Å². The summed E-state index contributed by atoms with van der Waals surface area (Å²) in [6.07, 6.45) is 0. The van der Waals surface area contributed by atoms with Crippen molar-refractivity contribution in [1.29, 1.82) is 0 Å². The van der Waals surface area contributed by atoms with Gasteiger partial charge in [-0.3, -0.25) is 9.59 Å². The number of hydrogen-bond donors (Lipinski definition) is 2. The van der Waals surface area contributed by atoms with Crippen molar-refractivity contribution >= 4 is 33.7 Å². The molecule has 0 saturated heterocycles. The maximum Gasteiger partial charge on any atom is 0.194 e. The van der Waals surface area contributed by atoms with Crippen LogP contribution in [0.1, 0.15) is 31.8 Å². The molecule has 4 aromatic carbocycles. The molecule has 0 fully saturated rings. The third-order valence-corrected chi connectivity index (χ3v) is 5.17. The Kier molecular flexibility index (Phi) is 3.93. The minimum absolute atomic E-state index is 0.0295. The van der Waals surface area contributed by atoms with Crippen LogP contribution in [-0.2, 0) is 0 Å². The van der Waals surface area contributed by atoms with Gasteiger partial charge in [0.15, 0.2) is 17.3 Å². The summed E-state index contributed by atoms with van der Waals surface area (Å²) in [6.45, 7) is 0. The molecule has 30 heavy (non-hydrogen) atoms. The van der Waals surface area contributed by atoms with E-state index in [1.54, 1.807) is 48.5 Å². The minimum Gasteiger partial charge on any atom is -0.506 e. The van der Waals surface area contributed by atoms with Crippen molar-refractivity contribution in [2.75, 3.05) is 0 Å². The molecule has 0 unspecified atom stereocenters. The first-order chi connectivity index (χ1) is 14.5. The van der Waals surface area contributed by atoms with E-state index in [9.17, 15) is 19.8 Å². The van der Waals surface area contributed by atoms with Crippen LogP contribution in [0.3, 0.4) is 0 Å². The Morgan fingerprint density at radius 1 is 0.600 bits per heavy atom. The van der Waals surface area contributed by atoms with Crippen molar-refractivity contribution < 1.29 is 19.8 Å². The molecule has 0 amide bonds. The summed E-state index contributed by atoms with van der Waals surface area (Å²) < 4.78 is 0. The number of carbonyl (C=O) groups is 2. The van der Waals surface area contributed by atoms with Gasteiger partial charge in [-0.1, -0.05) is 54.6 Å². The molecule has 4 aromatic rings. The second-order valence-corrected chi connectivity index (χ2v) is 6.94. The third-order valence-electron chi connectivity index (χ3n) is 5.17. The predicted molar refractivity (Wildman–Crippen MR) is 111 cm³/mol. The molecule has 6 nitrogen and oxygen atoms in total. The predicted octanol–water partition coefficient (Wildman–Crippen LogP) is 5.44. The first-order valence-corrected chi connectivity index (χ1v) is 9.22. The highest BCUT2D eigenvalue weighted by atomic mass is 16.3. The number of nitrogens with zero attached hydrogens (tertiary/aromatic N) is 2. The van der Waals surface area contributed by atoms with E-state index < -0.39 is 0 Å². The second-order valence-electron chi connectivity index (χ2n) is 6.94. The van der Waals surface area contributed by atoms with Gasteiger partial charge >= 0.3 is 0 Å². The van der Waals surface area contributed by atoms with E-state index in [2.05, 4.69) is 10.2 Å². The van der Waals surface area contributed by atoms with Gasteiger partial charge in [0.05, 0.1) is 0 Å². The van der Waals surface area contributed by atoms with Gasteiger partial charge in [-0.25, -0.2) is 0 Å². The molecule has 0 aromatic heterocycles. The van der Waals surface area contributed by atoms with Gasteiger partial charge in [0, 0.05) is 27.6 Å². The zero-order valence-corrected chi connectivity index (χ0v) is 15.5. The third kappa shape index (κ3) is 2.66. The number of ketones is 2. The van der Waals surface area contributed by atoms with Crippen LogP contribution in [0, 0.1) is 0 Å². The number of benzene rings is 4. The van der Waals surface area contributed by atoms with Gasteiger partial charge in [0.25, 0.3) is 0 Å². The molecule has 2 N–H and O–H groups in total. The molecular weight excluding hydrogens is 380 g/mol. The smallest absolute Gasteiger partial charge is 0.194 e. The lowest BCUT2D eigenvalue weighted by atomic mass is 9.84. The van der Waals surface area contributed by atoms with Crippen LogP contribution in [0.2, 0.25) is 0 Å². The van der Waals surface area contributed by atoms with Crippen molar-refractivity contribution in [3.05, 3.63) is 95.1 Å². The Labute approximate surface area is 170 Å². The van der Waals surface area contributed by atoms with Crippen LogP contribution < -0.4 is 0 Å². The molecule has 0 heterocycles. The normalized spacial score (nSPS) is 12.9. The van der Waals surface area contributed by atoms with Crippen LogP contribution in [0.5, 0.6) is 11.5 Å². The van der Waals surface area contributed by atoms with E-state index >= 15 is 0 Å². The fraction of sp³-hybridized carbons (Fsp3) is 0. The van der Waals surface area contributed by atoms with E-state index in [0.717, 1.165) is 5.39 Å². The van der Waals surface area contributed by atoms with Crippen LogP contribution in [0.25, 0.3) is 10.8 Å². The summed E-state index contributed by atoms with van der Waals surface area (Å²) in [5.41, 5.74) is 1.16. The van der Waals surface area contributed by atoms with E-state index in [0.29, 0.717) is 16.5 Å². The lowest BCUT2D eigenvalue weighted by Gasteiger charge is -2.17. The average Bonchev–Trinajstić information content (AvgIpc) is 2.77. The van der Waals surface area contributed by atoms with Crippen LogP contribution >= 0.6 is 0 Å². The van der Waals surface area contributed by atoms with Crippen molar-refractivity contribution in [2.45, 2.75) is 0 Å². The van der Waals surface area contributed by atoms with E-state index in [-0.39, 0.29) is 45.6 Å². The average molecular weight is 394 g/mol. The quantitative estimate of drug-likeness (QED) is 0.389. The van der Waals surface area contributed by atoms with Gasteiger partial charge in [-0.05, 0) is 23.6 Å². The molecule has 0 spiro atoms. The fourth-order valence-corrected chi connectivity index (χ4v) is 3.63. The number of hydrogen-bond acceptors (Lipinski definition) is 6. The zero-order chi connectivity index (χ0) is 20.8. The Morgan fingerprint density at radius 2 is 1.20 bits per heavy atom. The Morgan fingerprint density at radius 3 is 1.93 bits per heavy atom. The maximum absolute atomic E-state index is 12.8. The molecule has 1 aliphatic carbocycles. The molecule has 0 atom stereocenters. The molecule has 144 valence electrons. The molecule has 1 aliphatic rings. The Balaban J connectivity index is 1.58. The summed E-state index contributed by atoms with van der Waals surface area (Å²) in [7, 11) is 0. The fourth-order valence-electron chi connectivity index (χ4n) is 3.63. The Bertz CT molecular complexity index is 1410. The highest BCUT2D eigenvalue weighted by molar-refractivity contribution is 6.28. The summed E-state index contributed by atoms with van der Waals surface area (Å²) >= 11 is 0. The lowest BCUT2D eigenvalue weighted by molar-refractivity contribution is 0.0979. The van der Waals surface area contributed by atoms with Crippen molar-refractivity contribution in [2.24, 2.45) is 10.2 Å². The highest BCUT2D eigenvalue weighted by Gasteiger charge is 2.30. The number of azo groups is 1. The monoisotopic (exact) mass is 394 g/mol. The molecule has 6 heteroatoms. The number of carbonyl (C=O) groups excluding carboxylic acids is 2. The first kappa shape index (κ1) is 17.8. The molecule has 0 saturated carbocycles. The number of rotatable bonds is 2. The van der Waals surface area contributed by atoms with E-state index in [1.807, 2.05) is 12.1 Å². The first-order valence-electron chi connectivity index (χ1n) is 9.22. The number of aromatic hydroxyl groups is 2. The van der Waals surface area contributed by atoms with Gasteiger partial charge in [0.2, 0.25) is 0 Å². The van der Waals surface area contributed by atoms with Crippen LogP contribution in [0.15, 0.2) is 83.0 Å². The van der Waals surface area contributed by atoms with Crippen LogP contribution in [0.4, 0.5) is 11.4 Å². The largest absolute Gasteiger partial charge is 0.506 e. The maximum atomic E-state index is 12.8. The Hall–Kier alpha value is -4.32. The summed E-state index contributed by atoms with van der Waals surface area (Å²) in [4.78, 5) is 25.6. The molecule has 5 rings (SSSR count). The zero-order valence-electron chi connectivity index (χ0n) is 15.5. The standard InChI is InChI=1S/C24H14N2O4/c27-21-12-18-17(22(28)15-7-3-4-8-16(15)23(18)29)11-20(21)26-25-19-10-9-13-5-1-2-6-14(13)24(19)30/h1-12,27,30H. The number of fused-ring (bicyclic) bond motifs is 3. The SMILES string of the molecule is O=C1c2ccccc2C(=O)c2cc(N=Nc3ccc4ccccc4c3O)c(O)cc21. The van der Waals surface area contributed by atoms with Crippen molar-refractivity contribution in [1.82, 2.24) is 0 Å². The summed E-state index contributed by atoms with van der Waals surface area (Å²) in [5, 5.41) is 30.4. The van der Waals surface area contributed by atoms with Crippen LogP contribution in [-0.4, -0.2) is 21.8 Å². The summed E-state index contributed by atoms with van der Waals surface area (Å²) in [5.74, 6) is -0.954.